The number of thiophene rings is 1. The van der Waals surface area contributed by atoms with Crippen LogP contribution in [0.3, 0.4) is 0 Å². The molecular weight excluding hydrogens is 260 g/mol. The molecule has 0 aliphatic heterocycles. The van der Waals surface area contributed by atoms with E-state index >= 15 is 0 Å². The van der Waals surface area contributed by atoms with Crippen molar-refractivity contribution in [3.05, 3.63) is 21.9 Å². The fraction of sp³-hybridized carbons (Fsp3) is 0.571. The van der Waals surface area contributed by atoms with Crippen molar-refractivity contribution in [1.29, 1.82) is 0 Å². The monoisotopic (exact) mass is 282 g/mol. The Kier molecular flexibility index (Phi) is 5.54. The Morgan fingerprint density at radius 3 is 2.42 bits per heavy atom. The third-order valence-corrected chi connectivity index (χ3v) is 3.83. The summed E-state index contributed by atoms with van der Waals surface area (Å²) >= 11 is 1.40. The van der Waals surface area contributed by atoms with Crippen molar-refractivity contribution in [2.45, 2.75) is 33.2 Å². The highest BCUT2D eigenvalue weighted by atomic mass is 32.1. The topological polar surface area (TPSA) is 49.4 Å². The predicted molar refractivity (Wildman–Crippen MR) is 78.5 cm³/mol. The summed E-state index contributed by atoms with van der Waals surface area (Å²) in [4.78, 5) is 26.5. The number of likely N-dealkylation sites (N-methyl/N-ethyl adjacent to an activating group) is 1. The zero-order valence-corrected chi connectivity index (χ0v) is 13.0. The molecule has 0 spiro atoms. The molecule has 106 valence electrons. The van der Waals surface area contributed by atoms with E-state index in [1.165, 1.54) is 16.2 Å². The van der Waals surface area contributed by atoms with E-state index in [0.29, 0.717) is 17.2 Å². The molecule has 1 atom stereocenters. The van der Waals surface area contributed by atoms with Crippen LogP contribution in [0.25, 0.3) is 0 Å². The average molecular weight is 282 g/mol. The lowest BCUT2D eigenvalue weighted by atomic mass is 10.0. The molecule has 0 radical (unpaired) electrons. The first kappa shape index (κ1) is 15.7. The Morgan fingerprint density at radius 1 is 1.37 bits per heavy atom. The van der Waals surface area contributed by atoms with Crippen LogP contribution >= 0.6 is 11.3 Å². The minimum atomic E-state index is -0.455. The highest BCUT2D eigenvalue weighted by Gasteiger charge is 2.24. The fourth-order valence-corrected chi connectivity index (χ4v) is 2.66. The van der Waals surface area contributed by atoms with Crippen LogP contribution in [0.5, 0.6) is 0 Å². The Morgan fingerprint density at radius 2 is 2.00 bits per heavy atom. The van der Waals surface area contributed by atoms with Crippen molar-refractivity contribution in [2.75, 3.05) is 14.1 Å². The molecule has 0 bridgehead atoms. The normalized spacial score (nSPS) is 12.3. The molecule has 0 fully saturated rings. The summed E-state index contributed by atoms with van der Waals surface area (Å²) in [7, 11) is 3.41. The molecule has 0 saturated carbocycles. The standard InChI is InChI=1S/C14H22N2O2S/c1-9(2)8-11(14(18)16(4)5)15-13(17)12-10(3)6-7-19-12/h6-7,9,11H,8H2,1-5H3,(H,15,17)/t11-/m0/s1. The van der Waals surface area contributed by atoms with E-state index in [1.54, 1.807) is 14.1 Å². The molecule has 19 heavy (non-hydrogen) atoms. The van der Waals surface area contributed by atoms with Crippen LogP contribution in [0.2, 0.25) is 0 Å². The van der Waals surface area contributed by atoms with Gasteiger partial charge in [-0.2, -0.15) is 0 Å². The number of hydrogen-bond donors (Lipinski definition) is 1. The third-order valence-electron chi connectivity index (χ3n) is 2.82. The maximum absolute atomic E-state index is 12.2. The Labute approximate surface area is 118 Å². The molecular formula is C14H22N2O2S. The third kappa shape index (κ3) is 4.35. The van der Waals surface area contributed by atoms with Crippen LogP contribution in [-0.2, 0) is 4.79 Å². The molecule has 1 N–H and O–H groups in total. The first-order chi connectivity index (χ1) is 8.82. The highest BCUT2D eigenvalue weighted by molar-refractivity contribution is 7.12. The fourth-order valence-electron chi connectivity index (χ4n) is 1.83. The van der Waals surface area contributed by atoms with Crippen LogP contribution in [0.1, 0.15) is 35.5 Å². The molecule has 0 aliphatic carbocycles. The molecule has 1 heterocycles. The van der Waals surface area contributed by atoms with Crippen molar-refractivity contribution < 1.29 is 9.59 Å². The van der Waals surface area contributed by atoms with Crippen LogP contribution in [0.4, 0.5) is 0 Å². The maximum Gasteiger partial charge on any atom is 0.262 e. The van der Waals surface area contributed by atoms with Gasteiger partial charge < -0.3 is 10.2 Å². The molecule has 1 rings (SSSR count). The van der Waals surface area contributed by atoms with E-state index in [1.807, 2.05) is 32.2 Å². The van der Waals surface area contributed by atoms with Gasteiger partial charge in [0, 0.05) is 14.1 Å². The smallest absolute Gasteiger partial charge is 0.262 e. The largest absolute Gasteiger partial charge is 0.347 e. The molecule has 4 nitrogen and oxygen atoms in total. The van der Waals surface area contributed by atoms with Crippen molar-refractivity contribution >= 4 is 23.2 Å². The first-order valence-corrected chi connectivity index (χ1v) is 7.27. The number of rotatable bonds is 5. The molecule has 0 unspecified atom stereocenters. The van der Waals surface area contributed by atoms with E-state index in [-0.39, 0.29) is 11.8 Å². The molecule has 5 heteroatoms. The SMILES string of the molecule is Cc1ccsc1C(=O)N[C@@H](CC(C)C)C(=O)N(C)C. The number of carbonyl (C=O) groups excluding carboxylic acids is 2. The molecule has 1 aromatic heterocycles. The Hall–Kier alpha value is -1.36. The summed E-state index contributed by atoms with van der Waals surface area (Å²) in [5.74, 6) is 0.128. The number of hydrogen-bond acceptors (Lipinski definition) is 3. The van der Waals surface area contributed by atoms with Gasteiger partial charge in [-0.1, -0.05) is 13.8 Å². The highest BCUT2D eigenvalue weighted by Crippen LogP contribution is 2.16. The van der Waals surface area contributed by atoms with Crippen molar-refractivity contribution in [1.82, 2.24) is 10.2 Å². The summed E-state index contributed by atoms with van der Waals surface area (Å²) in [6.07, 6.45) is 0.646. The van der Waals surface area contributed by atoms with Gasteiger partial charge in [0.15, 0.2) is 0 Å². The number of carbonyl (C=O) groups is 2. The second-order valence-corrected chi connectivity index (χ2v) is 6.24. The number of nitrogens with zero attached hydrogens (tertiary/aromatic N) is 1. The molecule has 1 aromatic rings. The minimum absolute atomic E-state index is 0.0590. The maximum atomic E-state index is 12.2. The van der Waals surface area contributed by atoms with Gasteiger partial charge in [0.2, 0.25) is 5.91 Å². The van der Waals surface area contributed by atoms with Gasteiger partial charge in [0.25, 0.3) is 5.91 Å². The van der Waals surface area contributed by atoms with E-state index in [2.05, 4.69) is 5.32 Å². The number of amides is 2. The predicted octanol–water partition coefficient (Wildman–Crippen LogP) is 2.29. The lowest BCUT2D eigenvalue weighted by Gasteiger charge is -2.23. The zero-order chi connectivity index (χ0) is 14.6. The molecule has 0 saturated heterocycles. The molecule has 0 aliphatic rings. The van der Waals surface area contributed by atoms with Crippen LogP contribution in [0.15, 0.2) is 11.4 Å². The van der Waals surface area contributed by atoms with Gasteiger partial charge in [0.05, 0.1) is 4.88 Å². The van der Waals surface area contributed by atoms with Crippen molar-refractivity contribution in [2.24, 2.45) is 5.92 Å². The van der Waals surface area contributed by atoms with E-state index in [9.17, 15) is 9.59 Å². The van der Waals surface area contributed by atoms with Gasteiger partial charge >= 0.3 is 0 Å². The number of aryl methyl sites for hydroxylation is 1. The van der Waals surface area contributed by atoms with Gasteiger partial charge in [0.1, 0.15) is 6.04 Å². The van der Waals surface area contributed by atoms with Gasteiger partial charge in [-0.15, -0.1) is 11.3 Å². The molecule has 2 amide bonds. The summed E-state index contributed by atoms with van der Waals surface area (Å²) < 4.78 is 0. The summed E-state index contributed by atoms with van der Waals surface area (Å²) in [5, 5.41) is 4.74. The van der Waals surface area contributed by atoms with E-state index in [4.69, 9.17) is 0 Å². The van der Waals surface area contributed by atoms with Crippen LogP contribution in [0, 0.1) is 12.8 Å². The van der Waals surface area contributed by atoms with Crippen molar-refractivity contribution in [3.63, 3.8) is 0 Å². The van der Waals surface area contributed by atoms with Crippen molar-refractivity contribution in [3.8, 4) is 0 Å². The van der Waals surface area contributed by atoms with Gasteiger partial charge in [-0.25, -0.2) is 0 Å². The van der Waals surface area contributed by atoms with Crippen LogP contribution < -0.4 is 5.32 Å². The molecule has 0 aromatic carbocycles. The van der Waals surface area contributed by atoms with E-state index < -0.39 is 6.04 Å². The Bertz CT molecular complexity index is 452. The van der Waals surface area contributed by atoms with Gasteiger partial charge in [-0.3, -0.25) is 9.59 Å². The van der Waals surface area contributed by atoms with E-state index in [0.717, 1.165) is 5.56 Å². The summed E-state index contributed by atoms with van der Waals surface area (Å²) in [6.45, 7) is 5.98. The second-order valence-electron chi connectivity index (χ2n) is 5.32. The lowest BCUT2D eigenvalue weighted by Crippen LogP contribution is -2.46. The summed E-state index contributed by atoms with van der Waals surface area (Å²) in [6, 6.07) is 1.45. The quantitative estimate of drug-likeness (QED) is 0.901. The first-order valence-electron chi connectivity index (χ1n) is 6.39. The zero-order valence-electron chi connectivity index (χ0n) is 12.2. The minimum Gasteiger partial charge on any atom is -0.347 e. The van der Waals surface area contributed by atoms with Gasteiger partial charge in [-0.05, 0) is 36.3 Å². The Balaban J connectivity index is 2.80. The lowest BCUT2D eigenvalue weighted by molar-refractivity contribution is -0.131. The van der Waals surface area contributed by atoms with Crippen LogP contribution in [-0.4, -0.2) is 36.9 Å². The second kappa shape index (κ2) is 6.70. The summed E-state index contributed by atoms with van der Waals surface area (Å²) in [5.41, 5.74) is 0.947. The number of nitrogens with one attached hydrogen (secondary N) is 1. The average Bonchev–Trinajstić information content (AvgIpc) is 2.72.